The summed E-state index contributed by atoms with van der Waals surface area (Å²) >= 11 is 0. The average molecular weight is 1310 g/mol. The highest BCUT2D eigenvalue weighted by molar-refractivity contribution is 5.68. The van der Waals surface area contributed by atoms with E-state index in [1.165, 1.54) is 103 Å². The lowest BCUT2D eigenvalue weighted by Crippen LogP contribution is -2.40. The summed E-state index contributed by atoms with van der Waals surface area (Å²) in [4.78, 5) is 69.9. The van der Waals surface area contributed by atoms with Crippen LogP contribution in [0.2, 0.25) is 0 Å². The Balaban J connectivity index is 0.000000131. The van der Waals surface area contributed by atoms with E-state index in [-0.39, 0.29) is 23.3 Å². The van der Waals surface area contributed by atoms with Gasteiger partial charge in [-0.3, -0.25) is 27.6 Å². The van der Waals surface area contributed by atoms with Crippen LogP contribution in [0, 0.1) is 18.8 Å². The summed E-state index contributed by atoms with van der Waals surface area (Å²) < 4.78 is 28.3. The van der Waals surface area contributed by atoms with E-state index in [1.807, 2.05) is 109 Å². The van der Waals surface area contributed by atoms with E-state index in [1.54, 1.807) is 59.8 Å². The van der Waals surface area contributed by atoms with Gasteiger partial charge in [-0.1, -0.05) is 12.5 Å². The summed E-state index contributed by atoms with van der Waals surface area (Å²) in [6.45, 7) is 16.6. The molecule has 2 aromatic carbocycles. The van der Waals surface area contributed by atoms with E-state index in [9.17, 15) is 14.4 Å². The first-order valence-electron chi connectivity index (χ1n) is 34.7. The summed E-state index contributed by atoms with van der Waals surface area (Å²) in [6.07, 6.45) is 23.5. The number of imidazole rings is 1. The van der Waals surface area contributed by atoms with Crippen LogP contribution in [0.5, 0.6) is 23.0 Å². The molecule has 10 aromatic rings. The first-order valence-corrected chi connectivity index (χ1v) is 34.7. The largest absolute Gasteiger partial charge is 0.493 e. The number of aryl methyl sites for hydroxylation is 1. The Hall–Kier alpha value is -9.15. The van der Waals surface area contributed by atoms with Gasteiger partial charge < -0.3 is 53.0 Å². The third-order valence-electron chi connectivity index (χ3n) is 20.3. The first-order chi connectivity index (χ1) is 47.4. The number of hydrogen-bond acceptors (Lipinski definition) is 17. The zero-order valence-corrected chi connectivity index (χ0v) is 56.7. The smallest absolute Gasteiger partial charge is 0.258 e. The van der Waals surface area contributed by atoms with Crippen LogP contribution < -0.4 is 45.4 Å². The van der Waals surface area contributed by atoms with Crippen molar-refractivity contribution in [3.63, 3.8) is 0 Å². The highest BCUT2D eigenvalue weighted by Gasteiger charge is 2.27. The van der Waals surface area contributed by atoms with Crippen molar-refractivity contribution in [1.82, 2.24) is 52.2 Å². The number of piperidine rings is 4. The second-order valence-corrected chi connectivity index (χ2v) is 26.6. The standard InChI is InChI=1S/C27H34N4O3.C26H32N4O3.C23H25N5O2/c1-33-24-8-6-21(16-25(24)34-2)23-17-27(32)31-19-22(7-9-26(31)28-23)30-14-10-20(11-15-30)18-29-12-4-3-5-13-29;1-32-23-7-5-20(15-24(23)33-2)22-16-26(31)30-18-21(6-8-25(30)27-22)29-13-9-19(10-14-29)17-28-11-3-4-12-28;1-16-13-27-14-19(3-4-21(27)24-16)20-12-23(30)28-15-18(2-5-22(28)25-20)17-6-8-26(9-7-17)10-11-29/h6-9,16-17,19-20H,3-5,10-15,18H2,1-2H3;5-8,15-16,18-19H,3-4,9-14,17H2,1-2H3;2-5,12-15,17,29H,6-11H2,1H3. The van der Waals surface area contributed by atoms with Gasteiger partial charge in [0, 0.05) is 112 Å². The monoisotopic (exact) mass is 1310 g/mol. The predicted molar refractivity (Wildman–Crippen MR) is 382 cm³/mol. The van der Waals surface area contributed by atoms with Gasteiger partial charge in [0.25, 0.3) is 16.7 Å². The molecule has 0 bridgehead atoms. The van der Waals surface area contributed by atoms with Crippen LogP contribution in [-0.4, -0.2) is 177 Å². The third-order valence-corrected chi connectivity index (χ3v) is 20.3. The van der Waals surface area contributed by atoms with Crippen LogP contribution in [-0.2, 0) is 0 Å². The van der Waals surface area contributed by atoms with Crippen molar-refractivity contribution in [3.8, 4) is 56.8 Å². The van der Waals surface area contributed by atoms with Gasteiger partial charge >= 0.3 is 0 Å². The van der Waals surface area contributed by atoms with Gasteiger partial charge in [0.05, 0.1) is 69.2 Å². The van der Waals surface area contributed by atoms with Gasteiger partial charge in [0.15, 0.2) is 23.0 Å². The van der Waals surface area contributed by atoms with Crippen LogP contribution in [0.15, 0.2) is 148 Å². The number of hydrogen-bond donors (Lipinski definition) is 1. The summed E-state index contributed by atoms with van der Waals surface area (Å²) in [5.41, 5.74) is 11.3. The predicted octanol–water partition coefficient (Wildman–Crippen LogP) is 10.3. The first kappa shape index (κ1) is 66.5. The van der Waals surface area contributed by atoms with Crippen LogP contribution in [0.1, 0.15) is 87.8 Å². The Bertz CT molecular complexity index is 4550. The summed E-state index contributed by atoms with van der Waals surface area (Å²) in [5.74, 6) is 4.52. The van der Waals surface area contributed by atoms with Crippen molar-refractivity contribution >= 4 is 34.0 Å². The van der Waals surface area contributed by atoms with Crippen molar-refractivity contribution in [2.45, 2.75) is 83.5 Å². The van der Waals surface area contributed by atoms with Crippen molar-refractivity contribution < 1.29 is 24.1 Å². The van der Waals surface area contributed by atoms with E-state index in [0.29, 0.717) is 62.9 Å². The summed E-state index contributed by atoms with van der Waals surface area (Å²) in [5, 5.41) is 9.12. The molecular weight excluding hydrogens is 1220 g/mol. The Labute approximate surface area is 566 Å². The van der Waals surface area contributed by atoms with Gasteiger partial charge in [-0.05, 0) is 213 Å². The molecule has 508 valence electrons. The maximum absolute atomic E-state index is 13.0. The minimum absolute atomic E-state index is 0.0727. The van der Waals surface area contributed by atoms with E-state index < -0.39 is 0 Å². The van der Waals surface area contributed by atoms with E-state index in [0.717, 1.165) is 110 Å². The fourth-order valence-corrected chi connectivity index (χ4v) is 14.8. The zero-order valence-electron chi connectivity index (χ0n) is 56.7. The zero-order chi connectivity index (χ0) is 66.9. The normalized spacial score (nSPS) is 17.1. The molecule has 0 atom stereocenters. The van der Waals surface area contributed by atoms with Crippen molar-refractivity contribution in [1.29, 1.82) is 0 Å². The molecule has 0 saturated carbocycles. The number of aromatic nitrogens is 8. The lowest BCUT2D eigenvalue weighted by atomic mass is 9.90. The average Bonchev–Trinajstić information content (AvgIpc) is 1.24. The lowest BCUT2D eigenvalue weighted by Gasteiger charge is -2.37. The maximum Gasteiger partial charge on any atom is 0.258 e. The molecule has 5 aliphatic heterocycles. The number of methoxy groups -OCH3 is 4. The molecule has 1 N–H and O–H groups in total. The summed E-state index contributed by atoms with van der Waals surface area (Å²) in [6, 6.07) is 31.9. The minimum atomic E-state index is -0.0874. The quantitative estimate of drug-likeness (QED) is 0.0959. The van der Waals surface area contributed by atoms with Crippen LogP contribution in [0.4, 0.5) is 11.4 Å². The van der Waals surface area contributed by atoms with Crippen molar-refractivity contribution in [3.05, 3.63) is 176 Å². The minimum Gasteiger partial charge on any atom is -0.493 e. The molecule has 5 fully saturated rings. The fraction of sp³-hybridized carbons (Fsp3) is 0.434. The number of rotatable bonds is 16. The van der Waals surface area contributed by atoms with E-state index in [2.05, 4.69) is 47.7 Å². The van der Waals surface area contributed by atoms with E-state index in [4.69, 9.17) is 39.0 Å². The SMILES string of the molecule is COc1ccc(-c2cc(=O)n3cc(N4CCC(CN5CCCC5)CC4)ccc3n2)cc1OC.COc1ccc(-c2cc(=O)n3cc(N4CCC(CN5CCCCC5)CC4)ccc3n2)cc1OC.Cc1cn2cc(-c3cc(=O)n4cc(C5CCN(CCO)CC5)ccc4n3)ccc2n1. The van der Waals surface area contributed by atoms with Gasteiger partial charge in [-0.2, -0.15) is 0 Å². The van der Waals surface area contributed by atoms with Crippen LogP contribution >= 0.6 is 0 Å². The molecule has 97 heavy (non-hydrogen) atoms. The molecule has 5 saturated heterocycles. The second-order valence-electron chi connectivity index (χ2n) is 26.6. The number of anilines is 2. The van der Waals surface area contributed by atoms with Gasteiger partial charge in [0.2, 0.25) is 0 Å². The van der Waals surface area contributed by atoms with E-state index >= 15 is 0 Å². The molecule has 21 nitrogen and oxygen atoms in total. The number of fused-ring (bicyclic) bond motifs is 4. The number of β-amino-alcohol motifs (C(OH)–C–C–N with tert-alkyl or cyclic N) is 1. The number of pyridine rings is 4. The molecule has 21 heteroatoms. The number of aliphatic hydroxyl groups is 1. The molecule has 0 spiro atoms. The molecular formula is C76H91N13O8. The Morgan fingerprint density at radius 2 is 0.845 bits per heavy atom. The molecule has 5 aliphatic rings. The highest BCUT2D eigenvalue weighted by Crippen LogP contribution is 2.35. The van der Waals surface area contributed by atoms with Gasteiger partial charge in [-0.15, -0.1) is 0 Å². The Kier molecular flexibility index (Phi) is 20.9. The number of nitrogens with zero attached hydrogens (tertiary/aromatic N) is 13. The number of aliphatic hydroxyl groups excluding tert-OH is 1. The molecule has 0 radical (unpaired) electrons. The van der Waals surface area contributed by atoms with Gasteiger partial charge in [0.1, 0.15) is 22.6 Å². The van der Waals surface area contributed by atoms with Gasteiger partial charge in [-0.25, -0.2) is 19.9 Å². The van der Waals surface area contributed by atoms with Crippen molar-refractivity contribution in [2.75, 3.05) is 130 Å². The Morgan fingerprint density at radius 3 is 1.32 bits per heavy atom. The lowest BCUT2D eigenvalue weighted by molar-refractivity contribution is 0.164. The third kappa shape index (κ3) is 15.5. The van der Waals surface area contributed by atoms with Crippen LogP contribution in [0.3, 0.4) is 0 Å². The molecule has 0 aliphatic carbocycles. The highest BCUT2D eigenvalue weighted by atomic mass is 16.5. The Morgan fingerprint density at radius 1 is 0.412 bits per heavy atom. The second kappa shape index (κ2) is 30.5. The van der Waals surface area contributed by atoms with Crippen LogP contribution in [0.25, 0.3) is 56.4 Å². The number of likely N-dealkylation sites (tertiary alicyclic amines) is 3. The molecule has 15 rings (SSSR count). The van der Waals surface area contributed by atoms with Crippen molar-refractivity contribution in [2.24, 2.45) is 11.8 Å². The number of ether oxygens (including phenoxy) is 4. The molecule has 8 aromatic heterocycles. The maximum atomic E-state index is 13.0. The molecule has 0 amide bonds. The summed E-state index contributed by atoms with van der Waals surface area (Å²) in [7, 11) is 6.40. The fourth-order valence-electron chi connectivity index (χ4n) is 14.8. The number of benzene rings is 2. The molecule has 13 heterocycles. The topological polar surface area (TPSA) is 194 Å². The molecule has 0 unspecified atom stereocenters.